The Morgan fingerprint density at radius 3 is 2.45 bits per heavy atom. The van der Waals surface area contributed by atoms with Crippen LogP contribution in [-0.4, -0.2) is 44.0 Å². The van der Waals surface area contributed by atoms with Crippen molar-refractivity contribution in [2.75, 3.05) is 0 Å². The van der Waals surface area contributed by atoms with E-state index in [9.17, 15) is 24.6 Å². The Balaban J connectivity index is 2.27. The predicted molar refractivity (Wildman–Crippen MR) is 76.3 cm³/mol. The molecule has 2 heterocycles. The highest BCUT2D eigenvalue weighted by Gasteiger charge is 2.45. The van der Waals surface area contributed by atoms with Crippen LogP contribution in [0.4, 0.5) is 0 Å². The molecule has 7 nitrogen and oxygen atoms in total. The molecule has 3 N–H and O–H groups in total. The minimum Gasteiger partial charge on any atom is -0.480 e. The van der Waals surface area contributed by atoms with Crippen molar-refractivity contribution in [3.63, 3.8) is 0 Å². The summed E-state index contributed by atoms with van der Waals surface area (Å²) in [5, 5.41) is 19.7. The van der Waals surface area contributed by atoms with E-state index in [1.165, 1.54) is 6.92 Å². The summed E-state index contributed by atoms with van der Waals surface area (Å²) in [5.41, 5.74) is 1.75. The Morgan fingerprint density at radius 1 is 1.18 bits per heavy atom. The van der Waals surface area contributed by atoms with Gasteiger partial charge in [0, 0.05) is 24.2 Å². The van der Waals surface area contributed by atoms with Gasteiger partial charge in [-0.15, -0.1) is 0 Å². The van der Waals surface area contributed by atoms with Gasteiger partial charge in [0.2, 0.25) is 5.91 Å². The van der Waals surface area contributed by atoms with Crippen molar-refractivity contribution < 1.29 is 24.6 Å². The Labute approximate surface area is 125 Å². The summed E-state index contributed by atoms with van der Waals surface area (Å²) in [6, 6.07) is 4.70. The highest BCUT2D eigenvalue weighted by Crippen LogP contribution is 2.37. The number of aliphatic carboxylic acids is 2. The number of amides is 1. The predicted octanol–water partition coefficient (Wildman–Crippen LogP) is 1.15. The monoisotopic (exact) mass is 302 g/mol. The summed E-state index contributed by atoms with van der Waals surface area (Å²) < 4.78 is 0. The van der Waals surface area contributed by atoms with Gasteiger partial charge < -0.3 is 20.1 Å². The molecule has 0 saturated heterocycles. The molecule has 2 atom stereocenters. The molecular formula is C15H14N2O5. The van der Waals surface area contributed by atoms with E-state index < -0.39 is 29.9 Å². The largest absolute Gasteiger partial charge is 0.480 e. The lowest BCUT2D eigenvalue weighted by molar-refractivity contribution is -0.160. The van der Waals surface area contributed by atoms with Gasteiger partial charge in [-0.1, -0.05) is 18.2 Å². The van der Waals surface area contributed by atoms with Gasteiger partial charge in [0.15, 0.2) is 6.04 Å². The fourth-order valence-electron chi connectivity index (χ4n) is 3.13. The molecule has 0 spiro atoms. The lowest BCUT2D eigenvalue weighted by atomic mass is 9.91. The average Bonchev–Trinajstić information content (AvgIpc) is 2.82. The van der Waals surface area contributed by atoms with Gasteiger partial charge in [-0.2, -0.15) is 0 Å². The van der Waals surface area contributed by atoms with Crippen molar-refractivity contribution >= 4 is 28.7 Å². The van der Waals surface area contributed by atoms with Crippen molar-refractivity contribution in [1.82, 2.24) is 9.88 Å². The minimum absolute atomic E-state index is 0.0814. The maximum Gasteiger partial charge on any atom is 0.332 e. The van der Waals surface area contributed by atoms with E-state index in [1.807, 2.05) is 6.07 Å². The van der Waals surface area contributed by atoms with Crippen molar-refractivity contribution in [2.45, 2.75) is 25.4 Å². The smallest absolute Gasteiger partial charge is 0.332 e. The summed E-state index contributed by atoms with van der Waals surface area (Å²) in [4.78, 5) is 39.0. The Bertz CT molecular complexity index is 794. The number of hydrogen-bond acceptors (Lipinski definition) is 3. The number of hydrogen-bond donors (Lipinski definition) is 3. The van der Waals surface area contributed by atoms with Crippen molar-refractivity contribution in [3.05, 3.63) is 35.5 Å². The number of nitrogens with zero attached hydrogens (tertiary/aromatic N) is 1. The number of carboxylic acids is 2. The molecule has 0 radical (unpaired) electrons. The SMILES string of the molecule is CC(=O)N1C(C(=O)O)Cc2c([nH]c3ccccc23)C1C(=O)O. The molecule has 22 heavy (non-hydrogen) atoms. The molecule has 1 aromatic heterocycles. The number of para-hydroxylation sites is 1. The first-order valence-corrected chi connectivity index (χ1v) is 6.75. The van der Waals surface area contributed by atoms with E-state index >= 15 is 0 Å². The van der Waals surface area contributed by atoms with Crippen LogP contribution in [0.2, 0.25) is 0 Å². The van der Waals surface area contributed by atoms with Crippen LogP contribution in [0.25, 0.3) is 10.9 Å². The number of H-pyrrole nitrogens is 1. The quantitative estimate of drug-likeness (QED) is 0.770. The van der Waals surface area contributed by atoms with Crippen LogP contribution in [0.15, 0.2) is 24.3 Å². The second-order valence-electron chi connectivity index (χ2n) is 5.29. The first-order valence-electron chi connectivity index (χ1n) is 6.75. The number of carboxylic acid groups (broad SMARTS) is 2. The number of nitrogens with one attached hydrogen (secondary N) is 1. The first-order chi connectivity index (χ1) is 10.4. The maximum absolute atomic E-state index is 11.8. The maximum atomic E-state index is 11.8. The molecule has 114 valence electrons. The second kappa shape index (κ2) is 4.87. The van der Waals surface area contributed by atoms with Gasteiger partial charge in [0.25, 0.3) is 0 Å². The lowest BCUT2D eigenvalue weighted by Gasteiger charge is -2.37. The van der Waals surface area contributed by atoms with Gasteiger partial charge in [-0.3, -0.25) is 4.79 Å². The summed E-state index contributed by atoms with van der Waals surface area (Å²) in [6.07, 6.45) is 0.0814. The van der Waals surface area contributed by atoms with Crippen LogP contribution in [0.5, 0.6) is 0 Å². The van der Waals surface area contributed by atoms with Crippen molar-refractivity contribution in [1.29, 1.82) is 0 Å². The molecule has 1 aliphatic rings. The second-order valence-corrected chi connectivity index (χ2v) is 5.29. The Kier molecular flexibility index (Phi) is 3.13. The van der Waals surface area contributed by atoms with Crippen LogP contribution >= 0.6 is 0 Å². The third kappa shape index (κ3) is 1.93. The number of benzene rings is 1. The van der Waals surface area contributed by atoms with Gasteiger partial charge in [0.05, 0.1) is 5.69 Å². The molecule has 3 rings (SSSR count). The van der Waals surface area contributed by atoms with Crippen LogP contribution in [-0.2, 0) is 20.8 Å². The first kappa shape index (κ1) is 14.1. The van der Waals surface area contributed by atoms with Crippen molar-refractivity contribution in [2.24, 2.45) is 0 Å². The third-order valence-electron chi connectivity index (χ3n) is 4.01. The van der Waals surface area contributed by atoms with Crippen LogP contribution < -0.4 is 0 Å². The van der Waals surface area contributed by atoms with E-state index in [2.05, 4.69) is 4.98 Å². The summed E-state index contributed by atoms with van der Waals surface area (Å²) in [7, 11) is 0. The topological polar surface area (TPSA) is 111 Å². The molecule has 0 aliphatic carbocycles. The molecule has 1 aromatic carbocycles. The van der Waals surface area contributed by atoms with E-state index in [4.69, 9.17) is 0 Å². The zero-order valence-corrected chi connectivity index (χ0v) is 11.7. The molecule has 0 bridgehead atoms. The normalized spacial score (nSPS) is 20.7. The molecular weight excluding hydrogens is 288 g/mol. The summed E-state index contributed by atoms with van der Waals surface area (Å²) >= 11 is 0. The number of rotatable bonds is 2. The van der Waals surface area contributed by atoms with Crippen LogP contribution in [0, 0.1) is 0 Å². The Morgan fingerprint density at radius 2 is 1.86 bits per heavy atom. The third-order valence-corrected chi connectivity index (χ3v) is 4.01. The number of carbonyl (C=O) groups is 3. The van der Waals surface area contributed by atoms with E-state index in [0.29, 0.717) is 11.3 Å². The van der Waals surface area contributed by atoms with Crippen LogP contribution in [0.3, 0.4) is 0 Å². The zero-order chi connectivity index (χ0) is 16.0. The average molecular weight is 302 g/mol. The van der Waals surface area contributed by atoms with Gasteiger partial charge in [0.1, 0.15) is 6.04 Å². The molecule has 7 heteroatoms. The minimum atomic E-state index is -1.32. The summed E-state index contributed by atoms with van der Waals surface area (Å²) in [5.74, 6) is -3.05. The van der Waals surface area contributed by atoms with Gasteiger partial charge >= 0.3 is 11.9 Å². The fraction of sp³-hybridized carbons (Fsp3) is 0.267. The molecule has 2 unspecified atom stereocenters. The standard InChI is InChI=1S/C15H14N2O5/c1-7(18)17-11(14(19)20)6-9-8-4-2-3-5-10(8)16-12(9)13(17)15(21)22/h2-5,11,13,16H,6H2,1H3,(H,19,20)(H,21,22). The number of aromatic amines is 1. The van der Waals surface area contributed by atoms with Crippen LogP contribution in [0.1, 0.15) is 24.2 Å². The highest BCUT2D eigenvalue weighted by molar-refractivity contribution is 5.93. The van der Waals surface area contributed by atoms with Gasteiger partial charge in [-0.05, 0) is 11.6 Å². The number of carbonyl (C=O) groups excluding carboxylic acids is 1. The highest BCUT2D eigenvalue weighted by atomic mass is 16.4. The molecule has 0 fully saturated rings. The molecule has 1 aliphatic heterocycles. The number of fused-ring (bicyclic) bond motifs is 3. The molecule has 2 aromatic rings. The fourth-order valence-corrected chi connectivity index (χ4v) is 3.13. The van der Waals surface area contributed by atoms with E-state index in [0.717, 1.165) is 15.8 Å². The Hall–Kier alpha value is -2.83. The van der Waals surface area contributed by atoms with Crippen molar-refractivity contribution in [3.8, 4) is 0 Å². The zero-order valence-electron chi connectivity index (χ0n) is 11.7. The van der Waals surface area contributed by atoms with Gasteiger partial charge in [-0.25, -0.2) is 9.59 Å². The molecule has 1 amide bonds. The summed E-state index contributed by atoms with van der Waals surface area (Å²) in [6.45, 7) is 1.18. The number of aromatic nitrogens is 1. The van der Waals surface area contributed by atoms with E-state index in [-0.39, 0.29) is 6.42 Å². The lowest BCUT2D eigenvalue weighted by Crippen LogP contribution is -2.52. The van der Waals surface area contributed by atoms with E-state index in [1.54, 1.807) is 18.2 Å². The molecule has 0 saturated carbocycles.